The highest BCUT2D eigenvalue weighted by molar-refractivity contribution is 5.86. The number of nitrogens with zero attached hydrogens (tertiary/aromatic N) is 1. The standard InChI is InChI=1S/C15H17NO5/c1-16-8-7-12(15(16)19)21-13-9-11(20-2)5-3-10(13)4-6-14(17)18/h3-6,9,12H,7-8H2,1-2H3,(H,17,18). The van der Waals surface area contributed by atoms with Crippen LogP contribution in [0.1, 0.15) is 12.0 Å². The first-order chi connectivity index (χ1) is 10.0. The number of methoxy groups -OCH3 is 1. The van der Waals surface area contributed by atoms with Crippen molar-refractivity contribution >= 4 is 18.0 Å². The summed E-state index contributed by atoms with van der Waals surface area (Å²) in [5, 5.41) is 8.71. The van der Waals surface area contributed by atoms with Crippen LogP contribution < -0.4 is 9.47 Å². The highest BCUT2D eigenvalue weighted by Crippen LogP contribution is 2.28. The molecule has 1 fully saturated rings. The lowest BCUT2D eigenvalue weighted by Gasteiger charge is -2.15. The van der Waals surface area contributed by atoms with E-state index < -0.39 is 12.1 Å². The van der Waals surface area contributed by atoms with Crippen molar-refractivity contribution in [1.29, 1.82) is 0 Å². The summed E-state index contributed by atoms with van der Waals surface area (Å²) in [6.07, 6.45) is 2.52. The van der Waals surface area contributed by atoms with Crippen LogP contribution in [0.4, 0.5) is 0 Å². The van der Waals surface area contributed by atoms with E-state index in [9.17, 15) is 9.59 Å². The number of likely N-dealkylation sites (N-methyl/N-ethyl adjacent to an activating group) is 1. The Bertz CT molecular complexity index is 581. The van der Waals surface area contributed by atoms with E-state index in [-0.39, 0.29) is 5.91 Å². The molecule has 2 rings (SSSR count). The van der Waals surface area contributed by atoms with E-state index in [1.165, 1.54) is 13.2 Å². The van der Waals surface area contributed by atoms with Gasteiger partial charge in [0.2, 0.25) is 0 Å². The van der Waals surface area contributed by atoms with E-state index in [1.54, 1.807) is 30.1 Å². The van der Waals surface area contributed by atoms with Crippen molar-refractivity contribution in [2.75, 3.05) is 20.7 Å². The van der Waals surface area contributed by atoms with Crippen LogP contribution in [0.15, 0.2) is 24.3 Å². The first-order valence-corrected chi connectivity index (χ1v) is 6.52. The molecule has 6 heteroatoms. The molecule has 1 aromatic rings. The number of carboxylic acids is 1. The van der Waals surface area contributed by atoms with Crippen LogP contribution in [0.25, 0.3) is 6.08 Å². The normalized spacial score (nSPS) is 18.3. The van der Waals surface area contributed by atoms with Crippen molar-refractivity contribution in [3.05, 3.63) is 29.8 Å². The monoisotopic (exact) mass is 291 g/mol. The number of amides is 1. The maximum atomic E-state index is 11.9. The van der Waals surface area contributed by atoms with Gasteiger partial charge in [0.15, 0.2) is 6.10 Å². The first kappa shape index (κ1) is 14.9. The van der Waals surface area contributed by atoms with Crippen molar-refractivity contribution in [1.82, 2.24) is 4.90 Å². The summed E-state index contributed by atoms with van der Waals surface area (Å²) in [7, 11) is 3.25. The predicted molar refractivity (Wildman–Crippen MR) is 76.3 cm³/mol. The average Bonchev–Trinajstić information content (AvgIpc) is 2.77. The van der Waals surface area contributed by atoms with Crippen LogP contribution in [0.2, 0.25) is 0 Å². The summed E-state index contributed by atoms with van der Waals surface area (Å²) >= 11 is 0. The molecule has 0 bridgehead atoms. The van der Waals surface area contributed by atoms with E-state index in [0.29, 0.717) is 30.0 Å². The van der Waals surface area contributed by atoms with Gasteiger partial charge in [0.05, 0.1) is 7.11 Å². The van der Waals surface area contributed by atoms with Crippen LogP contribution in [-0.2, 0) is 9.59 Å². The molecule has 0 aliphatic carbocycles. The van der Waals surface area contributed by atoms with E-state index in [2.05, 4.69) is 0 Å². The van der Waals surface area contributed by atoms with Gasteiger partial charge in [0.1, 0.15) is 11.5 Å². The van der Waals surface area contributed by atoms with Crippen molar-refractivity contribution in [3.8, 4) is 11.5 Å². The smallest absolute Gasteiger partial charge is 0.328 e. The number of rotatable bonds is 5. The van der Waals surface area contributed by atoms with Crippen LogP contribution in [0.3, 0.4) is 0 Å². The SMILES string of the molecule is COc1ccc(C=CC(=O)O)c(OC2CCN(C)C2=O)c1. The molecule has 1 heterocycles. The van der Waals surface area contributed by atoms with Gasteiger partial charge < -0.3 is 19.5 Å². The lowest BCUT2D eigenvalue weighted by Crippen LogP contribution is -2.29. The van der Waals surface area contributed by atoms with Gasteiger partial charge in [0.25, 0.3) is 5.91 Å². The topological polar surface area (TPSA) is 76.1 Å². The summed E-state index contributed by atoms with van der Waals surface area (Å²) in [6.45, 7) is 0.647. The molecule has 0 radical (unpaired) electrons. The summed E-state index contributed by atoms with van der Waals surface area (Å²) in [6, 6.07) is 5.04. The second-order valence-electron chi connectivity index (χ2n) is 4.73. The van der Waals surface area contributed by atoms with Gasteiger partial charge in [-0.3, -0.25) is 4.79 Å². The third-order valence-corrected chi connectivity index (χ3v) is 3.27. The zero-order chi connectivity index (χ0) is 15.4. The van der Waals surface area contributed by atoms with Crippen LogP contribution in [0, 0.1) is 0 Å². The minimum atomic E-state index is -1.05. The van der Waals surface area contributed by atoms with Gasteiger partial charge >= 0.3 is 5.97 Å². The number of ether oxygens (including phenoxy) is 2. The lowest BCUT2D eigenvalue weighted by atomic mass is 10.1. The Morgan fingerprint density at radius 2 is 2.24 bits per heavy atom. The van der Waals surface area contributed by atoms with Crippen LogP contribution in [0.5, 0.6) is 11.5 Å². The summed E-state index contributed by atoms with van der Waals surface area (Å²) in [5.74, 6) is -0.115. The van der Waals surface area contributed by atoms with E-state index in [1.807, 2.05) is 0 Å². The second kappa shape index (κ2) is 6.30. The van der Waals surface area contributed by atoms with E-state index >= 15 is 0 Å². The fourth-order valence-corrected chi connectivity index (χ4v) is 2.10. The fourth-order valence-electron chi connectivity index (χ4n) is 2.10. The van der Waals surface area contributed by atoms with Crippen molar-refractivity contribution in [3.63, 3.8) is 0 Å². The third kappa shape index (κ3) is 3.53. The van der Waals surface area contributed by atoms with Crippen LogP contribution in [-0.4, -0.2) is 48.7 Å². The molecule has 1 saturated heterocycles. The maximum absolute atomic E-state index is 11.9. The fraction of sp³-hybridized carbons (Fsp3) is 0.333. The van der Waals surface area contributed by atoms with Gasteiger partial charge in [-0.25, -0.2) is 4.79 Å². The number of carbonyl (C=O) groups excluding carboxylic acids is 1. The maximum Gasteiger partial charge on any atom is 0.328 e. The molecule has 21 heavy (non-hydrogen) atoms. The molecule has 1 amide bonds. The minimum Gasteiger partial charge on any atom is -0.497 e. The molecule has 0 aromatic heterocycles. The summed E-state index contributed by atoms with van der Waals surface area (Å²) in [5.41, 5.74) is 0.584. The van der Waals surface area contributed by atoms with Gasteiger partial charge in [-0.1, -0.05) is 0 Å². The Morgan fingerprint density at radius 3 is 2.81 bits per heavy atom. The zero-order valence-corrected chi connectivity index (χ0v) is 11.9. The number of hydrogen-bond donors (Lipinski definition) is 1. The molecule has 1 aliphatic rings. The summed E-state index contributed by atoms with van der Waals surface area (Å²) in [4.78, 5) is 24.1. The molecular formula is C15H17NO5. The molecule has 1 N–H and O–H groups in total. The Balaban J connectivity index is 2.26. The number of carbonyl (C=O) groups is 2. The number of aliphatic carboxylic acids is 1. The Hall–Kier alpha value is -2.50. The Kier molecular flexibility index (Phi) is 4.47. The molecule has 112 valence electrons. The molecule has 1 atom stereocenters. The molecule has 6 nitrogen and oxygen atoms in total. The Morgan fingerprint density at radius 1 is 1.48 bits per heavy atom. The third-order valence-electron chi connectivity index (χ3n) is 3.27. The minimum absolute atomic E-state index is 0.0778. The lowest BCUT2D eigenvalue weighted by molar-refractivity contribution is -0.132. The average molecular weight is 291 g/mol. The predicted octanol–water partition coefficient (Wildman–Crippen LogP) is 1.40. The first-order valence-electron chi connectivity index (χ1n) is 6.52. The molecule has 0 saturated carbocycles. The van der Waals surface area contributed by atoms with E-state index in [0.717, 1.165) is 6.08 Å². The van der Waals surface area contributed by atoms with Crippen molar-refractivity contribution in [2.24, 2.45) is 0 Å². The zero-order valence-electron chi connectivity index (χ0n) is 11.9. The van der Waals surface area contributed by atoms with Crippen molar-refractivity contribution in [2.45, 2.75) is 12.5 Å². The molecular weight excluding hydrogens is 274 g/mol. The highest BCUT2D eigenvalue weighted by Gasteiger charge is 2.31. The number of hydrogen-bond acceptors (Lipinski definition) is 4. The van der Waals surface area contributed by atoms with Gasteiger partial charge in [0, 0.05) is 37.7 Å². The quantitative estimate of drug-likeness (QED) is 0.830. The molecule has 1 aliphatic heterocycles. The van der Waals surface area contributed by atoms with E-state index in [4.69, 9.17) is 14.6 Å². The number of benzene rings is 1. The van der Waals surface area contributed by atoms with Gasteiger partial charge in [-0.05, 0) is 18.2 Å². The Labute approximate surface area is 122 Å². The molecule has 0 spiro atoms. The highest BCUT2D eigenvalue weighted by atomic mass is 16.5. The van der Waals surface area contributed by atoms with Gasteiger partial charge in [-0.15, -0.1) is 0 Å². The second-order valence-corrected chi connectivity index (χ2v) is 4.73. The van der Waals surface area contributed by atoms with Crippen molar-refractivity contribution < 1.29 is 24.2 Å². The largest absolute Gasteiger partial charge is 0.497 e. The number of carboxylic acid groups (broad SMARTS) is 1. The summed E-state index contributed by atoms with van der Waals surface area (Å²) < 4.78 is 10.9. The van der Waals surface area contributed by atoms with Gasteiger partial charge in [-0.2, -0.15) is 0 Å². The molecule has 1 aromatic carbocycles. The number of likely N-dealkylation sites (tertiary alicyclic amines) is 1. The van der Waals surface area contributed by atoms with Crippen LogP contribution >= 0.6 is 0 Å². The molecule has 1 unspecified atom stereocenters.